The van der Waals surface area contributed by atoms with E-state index in [4.69, 9.17) is 9.47 Å². The molecule has 0 aliphatic heterocycles. The SMILES string of the molecule is COc1cc(OC)nc(Nc2nc(-c3ccccc3)cs2)n1. The fourth-order valence-electron chi connectivity index (χ4n) is 1.84. The summed E-state index contributed by atoms with van der Waals surface area (Å²) in [6.45, 7) is 0. The van der Waals surface area contributed by atoms with Crippen LogP contribution in [0.25, 0.3) is 11.3 Å². The standard InChI is InChI=1S/C15H14N4O2S/c1-20-12-8-13(21-2)18-14(17-12)19-15-16-11(9-22-15)10-6-4-3-5-7-10/h3-9H,1-2H3,(H,16,17,18,19). The van der Waals surface area contributed by atoms with Gasteiger partial charge in [-0.25, -0.2) is 4.98 Å². The average Bonchev–Trinajstić information content (AvgIpc) is 3.03. The average molecular weight is 314 g/mol. The molecule has 2 heterocycles. The van der Waals surface area contributed by atoms with Gasteiger partial charge in [0.25, 0.3) is 0 Å². The molecule has 0 saturated carbocycles. The molecule has 3 rings (SSSR count). The minimum atomic E-state index is 0.380. The predicted octanol–water partition coefficient (Wildman–Crippen LogP) is 3.36. The number of rotatable bonds is 5. The molecule has 7 heteroatoms. The van der Waals surface area contributed by atoms with Crippen LogP contribution in [0.15, 0.2) is 41.8 Å². The Balaban J connectivity index is 1.83. The molecule has 0 aliphatic rings. The van der Waals surface area contributed by atoms with Gasteiger partial charge < -0.3 is 9.47 Å². The number of thiazole rings is 1. The Hall–Kier alpha value is -2.67. The molecular formula is C15H14N4O2S. The van der Waals surface area contributed by atoms with E-state index in [9.17, 15) is 0 Å². The van der Waals surface area contributed by atoms with E-state index in [1.807, 2.05) is 35.7 Å². The lowest BCUT2D eigenvalue weighted by Gasteiger charge is -2.06. The normalized spacial score (nSPS) is 10.3. The van der Waals surface area contributed by atoms with Crippen molar-refractivity contribution in [2.75, 3.05) is 19.5 Å². The highest BCUT2D eigenvalue weighted by Crippen LogP contribution is 2.27. The molecule has 112 valence electrons. The lowest BCUT2D eigenvalue weighted by Crippen LogP contribution is -2.00. The van der Waals surface area contributed by atoms with Crippen LogP contribution in [-0.2, 0) is 0 Å². The van der Waals surface area contributed by atoms with Gasteiger partial charge in [-0.1, -0.05) is 30.3 Å². The van der Waals surface area contributed by atoms with E-state index in [2.05, 4.69) is 20.3 Å². The molecule has 1 N–H and O–H groups in total. The summed E-state index contributed by atoms with van der Waals surface area (Å²) in [6, 6.07) is 11.6. The Morgan fingerprint density at radius 1 is 0.955 bits per heavy atom. The van der Waals surface area contributed by atoms with Crippen LogP contribution in [0.3, 0.4) is 0 Å². The van der Waals surface area contributed by atoms with Crippen LogP contribution in [0.1, 0.15) is 0 Å². The van der Waals surface area contributed by atoms with Crippen molar-refractivity contribution in [2.24, 2.45) is 0 Å². The summed E-state index contributed by atoms with van der Waals surface area (Å²) >= 11 is 1.48. The highest BCUT2D eigenvalue weighted by atomic mass is 32.1. The van der Waals surface area contributed by atoms with Crippen molar-refractivity contribution in [3.63, 3.8) is 0 Å². The smallest absolute Gasteiger partial charge is 0.235 e. The van der Waals surface area contributed by atoms with Crippen LogP contribution < -0.4 is 14.8 Å². The molecule has 0 fully saturated rings. The van der Waals surface area contributed by atoms with E-state index < -0.39 is 0 Å². The number of ether oxygens (including phenoxy) is 2. The lowest BCUT2D eigenvalue weighted by atomic mass is 10.2. The molecule has 0 aliphatic carbocycles. The monoisotopic (exact) mass is 314 g/mol. The molecule has 1 aromatic carbocycles. The summed E-state index contributed by atoms with van der Waals surface area (Å²) in [7, 11) is 3.09. The third kappa shape index (κ3) is 3.15. The number of hydrogen-bond acceptors (Lipinski definition) is 7. The van der Waals surface area contributed by atoms with Gasteiger partial charge in [-0.15, -0.1) is 11.3 Å². The highest BCUT2D eigenvalue weighted by molar-refractivity contribution is 7.14. The second-order valence-corrected chi connectivity index (χ2v) is 5.16. The van der Waals surface area contributed by atoms with E-state index in [0.29, 0.717) is 22.8 Å². The zero-order valence-electron chi connectivity index (χ0n) is 12.1. The first-order chi connectivity index (χ1) is 10.8. The topological polar surface area (TPSA) is 69.2 Å². The molecule has 3 aromatic rings. The fourth-order valence-corrected chi connectivity index (χ4v) is 2.55. The van der Waals surface area contributed by atoms with Crippen molar-refractivity contribution < 1.29 is 9.47 Å². The van der Waals surface area contributed by atoms with Gasteiger partial charge in [0, 0.05) is 10.9 Å². The van der Waals surface area contributed by atoms with Crippen LogP contribution >= 0.6 is 11.3 Å². The first kappa shape index (κ1) is 14.3. The van der Waals surface area contributed by atoms with Crippen LogP contribution in [0, 0.1) is 0 Å². The Morgan fingerprint density at radius 3 is 2.27 bits per heavy atom. The molecule has 0 radical (unpaired) electrons. The summed E-state index contributed by atoms with van der Waals surface area (Å²) < 4.78 is 10.2. The van der Waals surface area contributed by atoms with Crippen molar-refractivity contribution in [1.82, 2.24) is 15.0 Å². The van der Waals surface area contributed by atoms with Gasteiger partial charge in [0.05, 0.1) is 26.0 Å². The van der Waals surface area contributed by atoms with Crippen molar-refractivity contribution in [1.29, 1.82) is 0 Å². The van der Waals surface area contributed by atoms with E-state index in [1.54, 1.807) is 20.3 Å². The molecular weight excluding hydrogens is 300 g/mol. The molecule has 0 saturated heterocycles. The van der Waals surface area contributed by atoms with Crippen LogP contribution in [-0.4, -0.2) is 29.2 Å². The largest absolute Gasteiger partial charge is 0.481 e. The second kappa shape index (κ2) is 6.40. The van der Waals surface area contributed by atoms with Gasteiger partial charge in [-0.2, -0.15) is 9.97 Å². The maximum atomic E-state index is 5.12. The van der Waals surface area contributed by atoms with Crippen LogP contribution in [0.5, 0.6) is 11.8 Å². The van der Waals surface area contributed by atoms with Gasteiger partial charge in [0.1, 0.15) is 0 Å². The van der Waals surface area contributed by atoms with Gasteiger partial charge in [0.2, 0.25) is 17.7 Å². The second-order valence-electron chi connectivity index (χ2n) is 4.31. The van der Waals surface area contributed by atoms with Crippen molar-refractivity contribution in [3.8, 4) is 23.0 Å². The van der Waals surface area contributed by atoms with Crippen molar-refractivity contribution in [2.45, 2.75) is 0 Å². The highest BCUT2D eigenvalue weighted by Gasteiger charge is 2.09. The molecule has 0 bridgehead atoms. The molecule has 0 spiro atoms. The van der Waals surface area contributed by atoms with E-state index in [-0.39, 0.29) is 0 Å². The summed E-state index contributed by atoms with van der Waals surface area (Å²) in [5.41, 5.74) is 1.97. The number of nitrogens with zero attached hydrogens (tertiary/aromatic N) is 3. The first-order valence-corrected chi connectivity index (χ1v) is 7.41. The van der Waals surface area contributed by atoms with Gasteiger partial charge in [0.15, 0.2) is 5.13 Å². The number of methoxy groups -OCH3 is 2. The van der Waals surface area contributed by atoms with Crippen molar-refractivity contribution in [3.05, 3.63) is 41.8 Å². The van der Waals surface area contributed by atoms with E-state index in [0.717, 1.165) is 11.3 Å². The van der Waals surface area contributed by atoms with Crippen molar-refractivity contribution >= 4 is 22.4 Å². The van der Waals surface area contributed by atoms with Crippen LogP contribution in [0.2, 0.25) is 0 Å². The Kier molecular flexibility index (Phi) is 4.15. The third-order valence-corrected chi connectivity index (χ3v) is 3.65. The van der Waals surface area contributed by atoms with Crippen LogP contribution in [0.4, 0.5) is 11.1 Å². The molecule has 22 heavy (non-hydrogen) atoms. The number of benzene rings is 1. The number of aromatic nitrogens is 3. The Morgan fingerprint density at radius 2 is 1.64 bits per heavy atom. The molecule has 0 amide bonds. The van der Waals surface area contributed by atoms with E-state index >= 15 is 0 Å². The van der Waals surface area contributed by atoms with Gasteiger partial charge >= 0.3 is 0 Å². The number of anilines is 2. The minimum absolute atomic E-state index is 0.380. The zero-order valence-corrected chi connectivity index (χ0v) is 12.9. The minimum Gasteiger partial charge on any atom is -0.481 e. The predicted molar refractivity (Wildman–Crippen MR) is 86.0 cm³/mol. The van der Waals surface area contributed by atoms with E-state index in [1.165, 1.54) is 11.3 Å². The van der Waals surface area contributed by atoms with Gasteiger partial charge in [-0.05, 0) is 0 Å². The number of hydrogen-bond donors (Lipinski definition) is 1. The Labute approximate surface area is 131 Å². The molecule has 2 aromatic heterocycles. The molecule has 6 nitrogen and oxygen atoms in total. The molecule has 0 atom stereocenters. The zero-order chi connectivity index (χ0) is 15.4. The number of nitrogens with one attached hydrogen (secondary N) is 1. The quantitative estimate of drug-likeness (QED) is 0.779. The summed E-state index contributed by atoms with van der Waals surface area (Å²) in [5.74, 6) is 1.23. The fraction of sp³-hybridized carbons (Fsp3) is 0.133. The van der Waals surface area contributed by atoms with Gasteiger partial charge in [-0.3, -0.25) is 5.32 Å². The maximum absolute atomic E-state index is 5.12. The maximum Gasteiger partial charge on any atom is 0.235 e. The third-order valence-electron chi connectivity index (χ3n) is 2.89. The lowest BCUT2D eigenvalue weighted by molar-refractivity contribution is 0.373. The summed E-state index contributed by atoms with van der Waals surface area (Å²) in [6.07, 6.45) is 0. The molecule has 0 unspecified atom stereocenters. The summed E-state index contributed by atoms with van der Waals surface area (Å²) in [4.78, 5) is 13.0. The Bertz CT molecular complexity index is 739. The summed E-state index contributed by atoms with van der Waals surface area (Å²) in [5, 5.41) is 5.75. The first-order valence-electron chi connectivity index (χ1n) is 6.53.